The van der Waals surface area contributed by atoms with Crippen molar-refractivity contribution in [1.82, 2.24) is 0 Å². The number of para-hydroxylation sites is 1. The summed E-state index contributed by atoms with van der Waals surface area (Å²) in [5.41, 5.74) is 1.71. The van der Waals surface area contributed by atoms with Gasteiger partial charge in [-0.15, -0.1) is 0 Å². The second-order valence-electron chi connectivity index (χ2n) is 3.84. The first kappa shape index (κ1) is 13.7. The zero-order valence-corrected chi connectivity index (χ0v) is 12.6. The third-order valence-corrected chi connectivity index (χ3v) is 3.41. The lowest BCUT2D eigenvalue weighted by Gasteiger charge is -2.12. The van der Waals surface area contributed by atoms with Gasteiger partial charge in [0.05, 0.1) is 12.8 Å². The molecule has 2 aromatic rings. The smallest absolute Gasteiger partial charge is 0.197 e. The Kier molecular flexibility index (Phi) is 4.62. The Labute approximate surface area is 125 Å². The maximum Gasteiger partial charge on any atom is 0.197 e. The monoisotopic (exact) mass is 367 g/mol. The van der Waals surface area contributed by atoms with Crippen LogP contribution in [0, 0.1) is 8.98 Å². The highest BCUT2D eigenvalue weighted by Crippen LogP contribution is 2.19. The van der Waals surface area contributed by atoms with Gasteiger partial charge in [-0.3, -0.25) is 5.41 Å². The SMILES string of the molecule is COc1cccc(NC(=N)Nc2ccccc2I)c1. The fourth-order valence-electron chi connectivity index (χ4n) is 1.57. The molecule has 0 atom stereocenters. The summed E-state index contributed by atoms with van der Waals surface area (Å²) in [5.74, 6) is 0.976. The number of anilines is 2. The zero-order chi connectivity index (χ0) is 13.7. The van der Waals surface area contributed by atoms with Crippen molar-refractivity contribution in [1.29, 1.82) is 5.41 Å². The van der Waals surface area contributed by atoms with Crippen molar-refractivity contribution in [3.05, 3.63) is 52.1 Å². The van der Waals surface area contributed by atoms with Gasteiger partial charge < -0.3 is 15.4 Å². The Morgan fingerprint density at radius 2 is 1.89 bits per heavy atom. The molecule has 2 rings (SSSR count). The summed E-state index contributed by atoms with van der Waals surface area (Å²) in [5, 5.41) is 13.9. The van der Waals surface area contributed by atoms with E-state index in [0.717, 1.165) is 20.7 Å². The molecule has 0 unspecified atom stereocenters. The van der Waals surface area contributed by atoms with Crippen LogP contribution in [-0.2, 0) is 0 Å². The second kappa shape index (κ2) is 6.42. The van der Waals surface area contributed by atoms with Crippen molar-refractivity contribution in [2.75, 3.05) is 17.7 Å². The zero-order valence-electron chi connectivity index (χ0n) is 10.4. The number of nitrogens with one attached hydrogen (secondary N) is 3. The molecule has 0 radical (unpaired) electrons. The fourth-order valence-corrected chi connectivity index (χ4v) is 2.10. The van der Waals surface area contributed by atoms with Gasteiger partial charge in [0.15, 0.2) is 5.96 Å². The highest BCUT2D eigenvalue weighted by atomic mass is 127. The average Bonchev–Trinajstić information content (AvgIpc) is 2.41. The van der Waals surface area contributed by atoms with Crippen molar-refractivity contribution in [3.63, 3.8) is 0 Å². The summed E-state index contributed by atoms with van der Waals surface area (Å²) in [6.45, 7) is 0. The lowest BCUT2D eigenvalue weighted by Crippen LogP contribution is -2.20. The molecule has 2 aromatic carbocycles. The van der Waals surface area contributed by atoms with Crippen molar-refractivity contribution in [2.24, 2.45) is 0 Å². The number of halogens is 1. The van der Waals surface area contributed by atoms with Crippen molar-refractivity contribution >= 4 is 39.9 Å². The first-order valence-corrected chi connectivity index (χ1v) is 6.78. The van der Waals surface area contributed by atoms with E-state index in [-0.39, 0.29) is 5.96 Å². The van der Waals surface area contributed by atoms with Gasteiger partial charge in [0.2, 0.25) is 0 Å². The van der Waals surface area contributed by atoms with E-state index in [4.69, 9.17) is 10.1 Å². The minimum Gasteiger partial charge on any atom is -0.497 e. The number of ether oxygens (including phenoxy) is 1. The Morgan fingerprint density at radius 1 is 1.11 bits per heavy atom. The van der Waals surface area contributed by atoms with E-state index in [2.05, 4.69) is 33.2 Å². The van der Waals surface area contributed by atoms with E-state index >= 15 is 0 Å². The molecule has 0 aromatic heterocycles. The van der Waals surface area contributed by atoms with Gasteiger partial charge in [-0.05, 0) is 46.9 Å². The Morgan fingerprint density at radius 3 is 2.63 bits per heavy atom. The minimum atomic E-state index is 0.220. The average molecular weight is 367 g/mol. The maximum absolute atomic E-state index is 7.92. The summed E-state index contributed by atoms with van der Waals surface area (Å²) in [6.07, 6.45) is 0. The molecule has 4 nitrogen and oxygen atoms in total. The molecule has 19 heavy (non-hydrogen) atoms. The molecule has 0 amide bonds. The van der Waals surface area contributed by atoms with Gasteiger partial charge in [0.1, 0.15) is 5.75 Å². The Balaban J connectivity index is 2.03. The molecular weight excluding hydrogens is 353 g/mol. The van der Waals surface area contributed by atoms with Crippen molar-refractivity contribution < 1.29 is 4.74 Å². The van der Waals surface area contributed by atoms with E-state index in [1.165, 1.54) is 0 Å². The van der Waals surface area contributed by atoms with Gasteiger partial charge in [0.25, 0.3) is 0 Å². The standard InChI is InChI=1S/C14H14IN3O/c1-19-11-6-4-5-10(9-11)17-14(16)18-13-8-3-2-7-12(13)15/h2-9H,1H3,(H3,16,17,18). The second-order valence-corrected chi connectivity index (χ2v) is 5.00. The predicted octanol–water partition coefficient (Wildman–Crippen LogP) is 3.76. The summed E-state index contributed by atoms with van der Waals surface area (Å²) >= 11 is 2.23. The number of benzene rings is 2. The molecule has 0 aliphatic heterocycles. The summed E-state index contributed by atoms with van der Waals surface area (Å²) in [4.78, 5) is 0. The first-order chi connectivity index (χ1) is 9.19. The number of methoxy groups -OCH3 is 1. The molecule has 0 aliphatic carbocycles. The molecule has 0 saturated carbocycles. The Bertz CT molecular complexity index is 586. The minimum absolute atomic E-state index is 0.220. The van der Waals surface area contributed by atoms with Gasteiger partial charge in [0, 0.05) is 15.3 Å². The highest BCUT2D eigenvalue weighted by Gasteiger charge is 2.02. The van der Waals surface area contributed by atoms with E-state index in [1.807, 2.05) is 48.5 Å². The molecule has 0 aliphatic rings. The largest absolute Gasteiger partial charge is 0.497 e. The van der Waals surface area contributed by atoms with E-state index in [0.29, 0.717) is 0 Å². The molecule has 0 heterocycles. The number of guanidine groups is 1. The van der Waals surface area contributed by atoms with E-state index in [1.54, 1.807) is 7.11 Å². The number of hydrogen-bond acceptors (Lipinski definition) is 2. The molecule has 0 saturated heterocycles. The van der Waals surface area contributed by atoms with Crippen molar-refractivity contribution in [2.45, 2.75) is 0 Å². The normalized spacial score (nSPS) is 9.79. The fraction of sp³-hybridized carbons (Fsp3) is 0.0714. The van der Waals surface area contributed by atoms with Gasteiger partial charge in [-0.2, -0.15) is 0 Å². The number of rotatable bonds is 3. The van der Waals surface area contributed by atoms with Crippen LogP contribution in [0.4, 0.5) is 11.4 Å². The van der Waals surface area contributed by atoms with E-state index < -0.39 is 0 Å². The molecule has 98 valence electrons. The van der Waals surface area contributed by atoms with Crippen LogP contribution < -0.4 is 15.4 Å². The van der Waals surface area contributed by atoms with E-state index in [9.17, 15) is 0 Å². The van der Waals surface area contributed by atoms with Crippen LogP contribution in [0.1, 0.15) is 0 Å². The maximum atomic E-state index is 7.92. The summed E-state index contributed by atoms with van der Waals surface area (Å²) in [7, 11) is 1.62. The van der Waals surface area contributed by atoms with Crippen LogP contribution in [-0.4, -0.2) is 13.1 Å². The first-order valence-electron chi connectivity index (χ1n) is 5.70. The lowest BCUT2D eigenvalue weighted by molar-refractivity contribution is 0.415. The van der Waals surface area contributed by atoms with Crippen LogP contribution in [0.2, 0.25) is 0 Å². The topological polar surface area (TPSA) is 57.1 Å². The van der Waals surface area contributed by atoms with Gasteiger partial charge in [-0.1, -0.05) is 18.2 Å². The van der Waals surface area contributed by atoms with Gasteiger partial charge >= 0.3 is 0 Å². The third-order valence-electron chi connectivity index (χ3n) is 2.47. The third kappa shape index (κ3) is 3.85. The van der Waals surface area contributed by atoms with Crippen LogP contribution in [0.5, 0.6) is 5.75 Å². The van der Waals surface area contributed by atoms with Crippen LogP contribution in [0.15, 0.2) is 48.5 Å². The van der Waals surface area contributed by atoms with Crippen molar-refractivity contribution in [3.8, 4) is 5.75 Å². The predicted molar refractivity (Wildman–Crippen MR) is 87.1 cm³/mol. The quantitative estimate of drug-likeness (QED) is 0.440. The van der Waals surface area contributed by atoms with Crippen LogP contribution >= 0.6 is 22.6 Å². The summed E-state index contributed by atoms with van der Waals surface area (Å²) < 4.78 is 6.21. The van der Waals surface area contributed by atoms with Crippen LogP contribution in [0.25, 0.3) is 0 Å². The lowest BCUT2D eigenvalue weighted by atomic mass is 10.3. The number of hydrogen-bond donors (Lipinski definition) is 3. The molecule has 3 N–H and O–H groups in total. The van der Waals surface area contributed by atoms with Gasteiger partial charge in [-0.25, -0.2) is 0 Å². The molecular formula is C14H14IN3O. The molecule has 0 fully saturated rings. The Hall–Kier alpha value is -1.76. The highest BCUT2D eigenvalue weighted by molar-refractivity contribution is 14.1. The van der Waals surface area contributed by atoms with Crippen LogP contribution in [0.3, 0.4) is 0 Å². The molecule has 5 heteroatoms. The molecule has 0 bridgehead atoms. The molecule has 0 spiro atoms. The summed E-state index contributed by atoms with van der Waals surface area (Å²) in [6, 6.07) is 15.3.